The van der Waals surface area contributed by atoms with E-state index in [2.05, 4.69) is 10.6 Å². The first-order valence-electron chi connectivity index (χ1n) is 7.75. The molecule has 2 N–H and O–H groups in total. The number of hydrogen-bond acceptors (Lipinski definition) is 3. The summed E-state index contributed by atoms with van der Waals surface area (Å²) in [4.78, 5) is 13.4. The summed E-state index contributed by atoms with van der Waals surface area (Å²) in [7, 11) is 0. The predicted octanol–water partition coefficient (Wildman–Crippen LogP) is 3.56. The summed E-state index contributed by atoms with van der Waals surface area (Å²) in [6.07, 6.45) is 1.45. The number of benzene rings is 1. The molecule has 1 amide bonds. The van der Waals surface area contributed by atoms with Crippen LogP contribution in [0.3, 0.4) is 0 Å². The van der Waals surface area contributed by atoms with Crippen molar-refractivity contribution in [3.8, 4) is 0 Å². The summed E-state index contributed by atoms with van der Waals surface area (Å²) in [5.41, 5.74) is 1.87. The quantitative estimate of drug-likeness (QED) is 0.812. The molecule has 0 radical (unpaired) electrons. The minimum Gasteiger partial charge on any atom is -0.450 e. The molecule has 0 aromatic heterocycles. The molecule has 1 aliphatic rings. The third-order valence-electron chi connectivity index (χ3n) is 3.87. The maximum absolute atomic E-state index is 11.7. The van der Waals surface area contributed by atoms with Crippen molar-refractivity contribution in [3.05, 3.63) is 28.8 Å². The molecule has 0 aliphatic carbocycles. The molecular formula is C16H22ClN3O2S. The number of ether oxygens (including phenoxy) is 1. The van der Waals surface area contributed by atoms with Crippen molar-refractivity contribution in [2.75, 3.05) is 25.0 Å². The van der Waals surface area contributed by atoms with Gasteiger partial charge in [0.05, 0.1) is 6.61 Å². The Balaban J connectivity index is 1.81. The number of carbonyl (C=O) groups is 1. The molecule has 1 aromatic carbocycles. The Hall–Kier alpha value is -1.53. The number of halogens is 1. The first-order valence-corrected chi connectivity index (χ1v) is 8.54. The second kappa shape index (κ2) is 8.36. The largest absolute Gasteiger partial charge is 0.450 e. The number of carbonyl (C=O) groups excluding carboxylic acids is 1. The zero-order valence-corrected chi connectivity index (χ0v) is 15.0. The first kappa shape index (κ1) is 17.8. The van der Waals surface area contributed by atoms with Gasteiger partial charge in [0.15, 0.2) is 5.11 Å². The smallest absolute Gasteiger partial charge is 0.409 e. The number of anilines is 1. The van der Waals surface area contributed by atoms with E-state index < -0.39 is 0 Å². The maximum atomic E-state index is 11.7. The van der Waals surface area contributed by atoms with E-state index in [4.69, 9.17) is 28.6 Å². The highest BCUT2D eigenvalue weighted by molar-refractivity contribution is 7.80. The van der Waals surface area contributed by atoms with Gasteiger partial charge in [-0.25, -0.2) is 4.79 Å². The Morgan fingerprint density at radius 2 is 2.13 bits per heavy atom. The van der Waals surface area contributed by atoms with Gasteiger partial charge in [0, 0.05) is 29.8 Å². The summed E-state index contributed by atoms with van der Waals surface area (Å²) in [6.45, 7) is 5.52. The molecule has 1 aliphatic heterocycles. The fourth-order valence-electron chi connectivity index (χ4n) is 2.51. The van der Waals surface area contributed by atoms with Crippen LogP contribution in [0, 0.1) is 6.92 Å². The topological polar surface area (TPSA) is 53.6 Å². The van der Waals surface area contributed by atoms with Gasteiger partial charge in [-0.05, 0) is 56.6 Å². The van der Waals surface area contributed by atoms with Crippen molar-refractivity contribution < 1.29 is 9.53 Å². The van der Waals surface area contributed by atoms with Crippen LogP contribution in [0.25, 0.3) is 0 Å². The summed E-state index contributed by atoms with van der Waals surface area (Å²) in [5.74, 6) is 0. The van der Waals surface area contributed by atoms with Gasteiger partial charge in [-0.2, -0.15) is 0 Å². The van der Waals surface area contributed by atoms with Crippen LogP contribution < -0.4 is 10.6 Å². The second-order valence-electron chi connectivity index (χ2n) is 5.47. The fourth-order valence-corrected chi connectivity index (χ4v) is 2.96. The molecule has 5 nitrogen and oxygen atoms in total. The molecule has 1 saturated heterocycles. The average molecular weight is 356 g/mol. The number of amides is 1. The van der Waals surface area contributed by atoms with Crippen LogP contribution in [-0.2, 0) is 4.74 Å². The highest BCUT2D eigenvalue weighted by Crippen LogP contribution is 2.23. The average Bonchev–Trinajstić information content (AvgIpc) is 2.53. The lowest BCUT2D eigenvalue weighted by atomic mass is 10.1. The van der Waals surface area contributed by atoms with E-state index in [1.165, 1.54) is 0 Å². The lowest BCUT2D eigenvalue weighted by Crippen LogP contribution is -2.47. The molecule has 1 heterocycles. The van der Waals surface area contributed by atoms with E-state index in [0.717, 1.165) is 24.1 Å². The van der Waals surface area contributed by atoms with Crippen LogP contribution in [-0.4, -0.2) is 41.8 Å². The second-order valence-corrected chi connectivity index (χ2v) is 6.29. The molecule has 0 spiro atoms. The van der Waals surface area contributed by atoms with Gasteiger partial charge in [-0.1, -0.05) is 17.7 Å². The van der Waals surface area contributed by atoms with Gasteiger partial charge < -0.3 is 20.3 Å². The molecule has 7 heteroatoms. The molecule has 0 atom stereocenters. The first-order chi connectivity index (χ1) is 11.0. The van der Waals surface area contributed by atoms with Gasteiger partial charge in [0.2, 0.25) is 0 Å². The number of likely N-dealkylation sites (tertiary alicyclic amines) is 1. The number of rotatable bonds is 3. The van der Waals surface area contributed by atoms with Crippen LogP contribution in [0.2, 0.25) is 5.02 Å². The maximum Gasteiger partial charge on any atom is 0.409 e. The van der Waals surface area contributed by atoms with Gasteiger partial charge in [-0.3, -0.25) is 0 Å². The number of thiocarbonyl (C=S) groups is 1. The third kappa shape index (κ3) is 4.97. The van der Waals surface area contributed by atoms with Crippen molar-refractivity contribution in [3.63, 3.8) is 0 Å². The predicted molar refractivity (Wildman–Crippen MR) is 97.2 cm³/mol. The Morgan fingerprint density at radius 3 is 2.78 bits per heavy atom. The molecule has 2 rings (SSSR count). The zero-order valence-electron chi connectivity index (χ0n) is 13.4. The Bertz CT molecular complexity index is 574. The lowest BCUT2D eigenvalue weighted by molar-refractivity contribution is 0.0964. The molecule has 0 saturated carbocycles. The number of hydrogen-bond donors (Lipinski definition) is 2. The number of nitrogens with one attached hydrogen (secondary N) is 2. The monoisotopic (exact) mass is 355 g/mol. The van der Waals surface area contributed by atoms with Crippen LogP contribution in [0.15, 0.2) is 18.2 Å². The number of piperidine rings is 1. The minimum absolute atomic E-state index is 0.235. The van der Waals surface area contributed by atoms with Gasteiger partial charge in [0.1, 0.15) is 0 Å². The summed E-state index contributed by atoms with van der Waals surface area (Å²) >= 11 is 11.5. The molecule has 1 fully saturated rings. The lowest BCUT2D eigenvalue weighted by Gasteiger charge is -2.32. The van der Waals surface area contributed by atoms with Crippen LogP contribution in [0.4, 0.5) is 10.5 Å². The minimum atomic E-state index is -0.235. The van der Waals surface area contributed by atoms with E-state index in [-0.39, 0.29) is 12.1 Å². The highest BCUT2D eigenvalue weighted by atomic mass is 35.5. The number of nitrogens with zero attached hydrogens (tertiary/aromatic N) is 1. The molecule has 23 heavy (non-hydrogen) atoms. The van der Waals surface area contributed by atoms with Crippen LogP contribution >= 0.6 is 23.8 Å². The third-order valence-corrected chi connectivity index (χ3v) is 4.50. The van der Waals surface area contributed by atoms with Gasteiger partial charge in [-0.15, -0.1) is 0 Å². The SMILES string of the molecule is CCOC(=O)N1CCC(NC(=S)Nc2cccc(Cl)c2C)CC1. The van der Waals surface area contributed by atoms with Gasteiger partial charge in [0.25, 0.3) is 0 Å². The molecule has 0 bridgehead atoms. The Morgan fingerprint density at radius 1 is 1.43 bits per heavy atom. The van der Waals surface area contributed by atoms with E-state index in [1.54, 1.807) is 4.90 Å². The molecule has 0 unspecified atom stereocenters. The summed E-state index contributed by atoms with van der Waals surface area (Å²) in [5, 5.41) is 7.77. The molecule has 126 valence electrons. The van der Waals surface area contributed by atoms with E-state index in [0.29, 0.717) is 29.8 Å². The van der Waals surface area contributed by atoms with Crippen molar-refractivity contribution >= 4 is 40.7 Å². The van der Waals surface area contributed by atoms with Crippen molar-refractivity contribution in [1.82, 2.24) is 10.2 Å². The highest BCUT2D eigenvalue weighted by Gasteiger charge is 2.23. The van der Waals surface area contributed by atoms with E-state index >= 15 is 0 Å². The summed E-state index contributed by atoms with van der Waals surface area (Å²) < 4.78 is 5.02. The Labute approximate surface area is 147 Å². The summed E-state index contributed by atoms with van der Waals surface area (Å²) in [6, 6.07) is 5.93. The van der Waals surface area contributed by atoms with Crippen molar-refractivity contribution in [1.29, 1.82) is 0 Å². The van der Waals surface area contributed by atoms with E-state index in [1.807, 2.05) is 32.0 Å². The normalized spacial score (nSPS) is 15.2. The van der Waals surface area contributed by atoms with Crippen LogP contribution in [0.1, 0.15) is 25.3 Å². The van der Waals surface area contributed by atoms with Crippen LogP contribution in [0.5, 0.6) is 0 Å². The Kier molecular flexibility index (Phi) is 6.47. The van der Waals surface area contributed by atoms with Crippen molar-refractivity contribution in [2.24, 2.45) is 0 Å². The molecule has 1 aromatic rings. The fraction of sp³-hybridized carbons (Fsp3) is 0.500. The zero-order chi connectivity index (χ0) is 16.8. The standard InChI is InChI=1S/C16H22ClN3O2S/c1-3-22-16(21)20-9-7-12(8-10-20)18-15(23)19-14-6-4-5-13(17)11(14)2/h4-6,12H,3,7-10H2,1-2H3,(H2,18,19,23). The van der Waals surface area contributed by atoms with Gasteiger partial charge >= 0.3 is 6.09 Å². The van der Waals surface area contributed by atoms with E-state index in [9.17, 15) is 4.79 Å². The van der Waals surface area contributed by atoms with Crippen molar-refractivity contribution in [2.45, 2.75) is 32.7 Å². The molecular weight excluding hydrogens is 334 g/mol.